The van der Waals surface area contributed by atoms with E-state index < -0.39 is 102 Å². The molecule has 0 aromatic carbocycles. The molecule has 0 aliphatic heterocycles. The van der Waals surface area contributed by atoms with Crippen molar-refractivity contribution in [2.45, 2.75) is 246 Å². The zero-order valence-corrected chi connectivity index (χ0v) is 58.7. The average molecular weight is 1130 g/mol. The van der Waals surface area contributed by atoms with E-state index in [4.69, 9.17) is 45.3 Å². The quantitative estimate of drug-likeness (QED) is 0.0448. The number of aliphatic hydroxyl groups is 2. The SMILES string of the molecule is CC[Si](CC)(CCCCCCO)O[Si](C)(C)O[Si](C)(C)O[Si](C)(C)O[Si](C)(C)O[Si](C)(C)O[Si](C)(C)O[Si](C)(C)O[Si](C)(C)O[Si](C)(C)O[Si](C)(C)O[Si](CC)(CC)CCCCCCO. The van der Waals surface area contributed by atoms with Crippen molar-refractivity contribution >= 4 is 102 Å². The summed E-state index contributed by atoms with van der Waals surface area (Å²) in [7, 11) is -30.9. The highest BCUT2D eigenvalue weighted by Crippen LogP contribution is 2.35. The molecule has 0 fully saturated rings. The maximum atomic E-state index is 9.21. The lowest BCUT2D eigenvalue weighted by molar-refractivity contribution is 0.253. The molecule has 0 aromatic heterocycles. The van der Waals surface area contributed by atoms with Crippen molar-refractivity contribution in [2.75, 3.05) is 13.2 Å². The molecule has 0 saturated heterocycles. The van der Waals surface area contributed by atoms with Crippen LogP contribution in [0.1, 0.15) is 79.1 Å². The lowest BCUT2D eigenvalue weighted by Gasteiger charge is -2.45. The Balaban J connectivity index is 5.69. The van der Waals surface area contributed by atoms with Crippen molar-refractivity contribution in [3.8, 4) is 0 Å². The van der Waals surface area contributed by atoms with Crippen LogP contribution in [-0.2, 0) is 45.3 Å². The van der Waals surface area contributed by atoms with E-state index in [9.17, 15) is 10.2 Å². The van der Waals surface area contributed by atoms with Gasteiger partial charge in [-0.1, -0.05) is 66.2 Å². The summed E-state index contributed by atoms with van der Waals surface area (Å²) in [6.45, 7) is 51.9. The number of hydrogen-bond donors (Lipinski definition) is 2. The molecule has 0 amide bonds. The van der Waals surface area contributed by atoms with Crippen LogP contribution in [0.2, 0.25) is 167 Å². The minimum Gasteiger partial charge on any atom is -0.436 e. The molecule has 2 N–H and O–H groups in total. The third-order valence-electron chi connectivity index (χ3n) is 11.0. The summed E-state index contributed by atoms with van der Waals surface area (Å²) in [5, 5.41) is 18.4. The van der Waals surface area contributed by atoms with Crippen LogP contribution in [0.4, 0.5) is 0 Å². The Morgan fingerprint density at radius 1 is 0.231 bits per heavy atom. The fourth-order valence-electron chi connectivity index (χ4n) is 10.0. The zero-order chi connectivity index (χ0) is 51.1. The van der Waals surface area contributed by atoms with Crippen LogP contribution in [0.25, 0.3) is 0 Å². The monoisotopic (exact) mass is 1130 g/mol. The van der Waals surface area contributed by atoms with E-state index in [1.807, 2.05) is 0 Å². The topological polar surface area (TPSA) is 142 Å². The van der Waals surface area contributed by atoms with E-state index in [1.54, 1.807) is 0 Å². The van der Waals surface area contributed by atoms with Gasteiger partial charge in [0.2, 0.25) is 0 Å². The first-order chi connectivity index (χ1) is 29.1. The molecule has 0 aliphatic rings. The molecule has 0 aliphatic carbocycles. The van der Waals surface area contributed by atoms with Crippen molar-refractivity contribution in [3.63, 3.8) is 0 Å². The van der Waals surface area contributed by atoms with Gasteiger partial charge in [-0.2, -0.15) is 0 Å². The smallest absolute Gasteiger partial charge is 0.314 e. The first-order valence-electron chi connectivity index (χ1n) is 25.1. The van der Waals surface area contributed by atoms with Gasteiger partial charge in [-0.05, 0) is 180 Å². The van der Waals surface area contributed by atoms with E-state index in [-0.39, 0.29) is 13.2 Å². The highest BCUT2D eigenvalue weighted by atomic mass is 28.5. The maximum Gasteiger partial charge on any atom is 0.314 e. The number of unbranched alkanes of at least 4 members (excludes halogenated alkanes) is 6. The predicted molar refractivity (Wildman–Crippen MR) is 301 cm³/mol. The summed E-state index contributed by atoms with van der Waals surface area (Å²) in [4.78, 5) is 0. The lowest BCUT2D eigenvalue weighted by Crippen LogP contribution is -2.62. The minimum atomic E-state index is -2.77. The Morgan fingerprint density at radius 2 is 0.385 bits per heavy atom. The first-order valence-corrected chi connectivity index (χ1v) is 58.3. The van der Waals surface area contributed by atoms with Gasteiger partial charge < -0.3 is 55.5 Å². The fourth-order valence-corrected chi connectivity index (χ4v) is 73.7. The highest BCUT2D eigenvalue weighted by molar-refractivity contribution is 6.94. The molecule has 392 valence electrons. The van der Waals surface area contributed by atoms with Crippen LogP contribution in [0.3, 0.4) is 0 Å². The summed E-state index contributed by atoms with van der Waals surface area (Å²) >= 11 is 0. The van der Waals surface area contributed by atoms with Crippen LogP contribution in [-0.4, -0.2) is 126 Å². The second-order valence-electron chi connectivity index (χ2n) is 22.7. The molecule has 0 heterocycles. The molecule has 0 rings (SSSR count). The number of hydrogen-bond acceptors (Lipinski definition) is 13. The minimum absolute atomic E-state index is 0.266. The van der Waals surface area contributed by atoms with Crippen molar-refractivity contribution in [3.05, 3.63) is 0 Å². The second-order valence-corrected chi connectivity index (χ2v) is 68.2. The molecule has 0 bridgehead atoms. The first kappa shape index (κ1) is 67.1. The largest absolute Gasteiger partial charge is 0.436 e. The van der Waals surface area contributed by atoms with Gasteiger partial charge in [0, 0.05) is 13.2 Å². The van der Waals surface area contributed by atoms with Gasteiger partial charge in [0.1, 0.15) is 0 Å². The Labute approximate surface area is 414 Å². The Morgan fingerprint density at radius 3 is 0.538 bits per heavy atom. The number of rotatable bonds is 38. The van der Waals surface area contributed by atoms with Crippen molar-refractivity contribution in [1.29, 1.82) is 0 Å². The van der Waals surface area contributed by atoms with E-state index in [0.29, 0.717) is 0 Å². The Bertz CT molecular complexity index is 1250. The summed E-state index contributed by atoms with van der Waals surface area (Å²) < 4.78 is 76.5. The van der Waals surface area contributed by atoms with Crippen LogP contribution in [0.5, 0.6) is 0 Å². The van der Waals surface area contributed by atoms with Gasteiger partial charge in [-0.3, -0.25) is 0 Å². The zero-order valence-electron chi connectivity index (χ0n) is 46.7. The highest BCUT2D eigenvalue weighted by Gasteiger charge is 2.52. The van der Waals surface area contributed by atoms with Crippen molar-refractivity contribution < 1.29 is 55.5 Å². The van der Waals surface area contributed by atoms with Gasteiger partial charge in [0.05, 0.1) is 0 Å². The van der Waals surface area contributed by atoms with E-state index in [1.165, 1.54) is 0 Å². The molecule has 0 radical (unpaired) electrons. The van der Waals surface area contributed by atoms with Crippen LogP contribution >= 0.6 is 0 Å². The third-order valence-corrected chi connectivity index (χ3v) is 61.5. The summed E-state index contributed by atoms with van der Waals surface area (Å²) in [5.74, 6) is 0. The van der Waals surface area contributed by atoms with Crippen molar-refractivity contribution in [1.82, 2.24) is 0 Å². The molecule has 0 unspecified atom stereocenters. The number of aliphatic hydroxyl groups excluding tert-OH is 2. The molecule has 0 spiro atoms. The predicted octanol–water partition coefficient (Wildman–Crippen LogP) is 13.3. The lowest BCUT2D eigenvalue weighted by atomic mass is 10.2. The van der Waals surface area contributed by atoms with Gasteiger partial charge in [-0.25, -0.2) is 0 Å². The van der Waals surface area contributed by atoms with Gasteiger partial charge >= 0.3 is 85.6 Å². The molecular formula is C40H106O13Si12. The molecule has 25 heteroatoms. The van der Waals surface area contributed by atoms with Crippen molar-refractivity contribution in [2.24, 2.45) is 0 Å². The summed E-state index contributed by atoms with van der Waals surface area (Å²) in [6, 6.07) is 6.53. The van der Waals surface area contributed by atoms with Crippen LogP contribution in [0.15, 0.2) is 0 Å². The summed E-state index contributed by atoms with van der Waals surface area (Å²) in [5.41, 5.74) is 0. The fraction of sp³-hybridized carbons (Fsp3) is 1.00. The molecule has 0 aromatic rings. The third kappa shape index (κ3) is 29.4. The Hall–Kier alpha value is 2.08. The Kier molecular flexibility index (Phi) is 28.3. The van der Waals surface area contributed by atoms with E-state index >= 15 is 0 Å². The summed E-state index contributed by atoms with van der Waals surface area (Å²) in [6.07, 6.45) is 8.42. The second kappa shape index (κ2) is 27.4. The van der Waals surface area contributed by atoms with Gasteiger partial charge in [0.15, 0.2) is 16.6 Å². The van der Waals surface area contributed by atoms with Crippen LogP contribution in [0, 0.1) is 0 Å². The molecule has 13 nitrogen and oxygen atoms in total. The molecule has 65 heavy (non-hydrogen) atoms. The molecular weight excluding hydrogens is 1030 g/mol. The van der Waals surface area contributed by atoms with Gasteiger partial charge in [0.25, 0.3) is 0 Å². The standard InChI is InChI=1S/C40H106O13Si12/c1-25-64(26-2,39-35-31-29-33-37-41)52-62(21,22)50-60(17,18)48-58(13,14)46-56(9,10)44-54(5,6)43-55(7,8)45-57(11,12)47-59(15,16)49-61(19,20)51-63(23,24)53-65(27-3,28-4)40-36-32-30-34-38-42/h41-42H,25-40H2,1-24H3. The maximum absolute atomic E-state index is 9.21. The van der Waals surface area contributed by atoms with Crippen LogP contribution < -0.4 is 0 Å². The van der Waals surface area contributed by atoms with Gasteiger partial charge in [-0.15, -0.1) is 0 Å². The molecule has 0 atom stereocenters. The molecule has 0 saturated carbocycles. The van der Waals surface area contributed by atoms with E-state index in [0.717, 1.165) is 87.6 Å². The normalized spacial score (nSPS) is 15.0. The van der Waals surface area contributed by atoms with E-state index in [2.05, 4.69) is 159 Å². The average Bonchev–Trinajstić information content (AvgIpc) is 3.05.